The van der Waals surface area contributed by atoms with E-state index in [1.165, 1.54) is 11.6 Å². The summed E-state index contributed by atoms with van der Waals surface area (Å²) in [6.45, 7) is 1.15. The van der Waals surface area contributed by atoms with E-state index < -0.39 is 0 Å². The molecular formula is C23H21N3O3. The Morgan fingerprint density at radius 3 is 2.24 bits per heavy atom. The summed E-state index contributed by atoms with van der Waals surface area (Å²) in [6.07, 6.45) is -0.345. The molecule has 0 bridgehead atoms. The molecule has 1 aliphatic heterocycles. The Hall–Kier alpha value is -3.38. The summed E-state index contributed by atoms with van der Waals surface area (Å²) in [4.78, 5) is 26.0. The fraction of sp³-hybridized carbons (Fsp3) is 0.217. The number of rotatable bonds is 2. The van der Waals surface area contributed by atoms with Crippen molar-refractivity contribution in [3.63, 3.8) is 0 Å². The summed E-state index contributed by atoms with van der Waals surface area (Å²) in [5, 5.41) is 0.558. The van der Waals surface area contributed by atoms with Crippen molar-refractivity contribution >= 4 is 10.9 Å². The zero-order valence-corrected chi connectivity index (χ0v) is 16.3. The first kappa shape index (κ1) is 17.7. The minimum atomic E-state index is -0.345. The average Bonchev–Trinajstić information content (AvgIpc) is 3.13. The van der Waals surface area contributed by atoms with Gasteiger partial charge in [0, 0.05) is 20.6 Å². The number of hydrogen-bond acceptors (Lipinski definition) is 3. The van der Waals surface area contributed by atoms with Crippen LogP contribution in [-0.2, 0) is 25.4 Å². The van der Waals surface area contributed by atoms with E-state index in [0.29, 0.717) is 24.1 Å². The number of hydrogen-bond donors (Lipinski definition) is 0. The maximum Gasteiger partial charge on any atom is 0.331 e. The summed E-state index contributed by atoms with van der Waals surface area (Å²) in [7, 11) is 3.25. The highest BCUT2D eigenvalue weighted by atomic mass is 16.5. The Bertz CT molecular complexity index is 1330. The molecule has 1 atom stereocenters. The number of aryl methyl sites for hydroxylation is 1. The Labute approximate surface area is 167 Å². The van der Waals surface area contributed by atoms with Gasteiger partial charge in [-0.2, -0.15) is 0 Å². The highest BCUT2D eigenvalue weighted by Gasteiger charge is 2.32. The Balaban J connectivity index is 1.97. The van der Waals surface area contributed by atoms with Crippen LogP contribution in [0.15, 0.2) is 70.3 Å². The fourth-order valence-corrected chi connectivity index (χ4v) is 4.36. The third kappa shape index (κ3) is 2.53. The second-order valence-corrected chi connectivity index (χ2v) is 7.34. The number of benzene rings is 2. The van der Waals surface area contributed by atoms with Gasteiger partial charge in [-0.05, 0) is 11.1 Å². The smallest absolute Gasteiger partial charge is 0.331 e. The zero-order valence-electron chi connectivity index (χ0n) is 16.3. The number of ether oxygens (including phenoxy) is 1. The van der Waals surface area contributed by atoms with Crippen LogP contribution in [0, 0.1) is 0 Å². The number of fused-ring (bicyclic) bond motifs is 3. The van der Waals surface area contributed by atoms with Crippen molar-refractivity contribution in [3.8, 4) is 11.3 Å². The van der Waals surface area contributed by atoms with E-state index in [4.69, 9.17) is 4.74 Å². The second kappa shape index (κ2) is 6.60. The van der Waals surface area contributed by atoms with Gasteiger partial charge >= 0.3 is 5.69 Å². The molecule has 6 heteroatoms. The maximum absolute atomic E-state index is 13.3. The lowest BCUT2D eigenvalue weighted by Gasteiger charge is -2.27. The van der Waals surface area contributed by atoms with Gasteiger partial charge in [-0.15, -0.1) is 0 Å². The predicted octanol–water partition coefficient (Wildman–Crippen LogP) is 2.83. The summed E-state index contributed by atoms with van der Waals surface area (Å²) in [5.41, 5.74) is 3.67. The largest absolute Gasteiger partial charge is 0.365 e. The molecule has 0 N–H and O–H groups in total. The van der Waals surface area contributed by atoms with Gasteiger partial charge < -0.3 is 9.30 Å². The average molecular weight is 387 g/mol. The van der Waals surface area contributed by atoms with Crippen molar-refractivity contribution in [3.05, 3.63) is 92.8 Å². The molecule has 1 aliphatic rings. The molecule has 6 nitrogen and oxygen atoms in total. The third-order valence-electron chi connectivity index (χ3n) is 5.70. The van der Waals surface area contributed by atoms with E-state index in [-0.39, 0.29) is 17.4 Å². The van der Waals surface area contributed by atoms with Gasteiger partial charge in [-0.25, -0.2) is 4.79 Å². The Kier molecular flexibility index (Phi) is 4.03. The molecule has 0 radical (unpaired) electrons. The van der Waals surface area contributed by atoms with Gasteiger partial charge in [-0.1, -0.05) is 60.7 Å². The molecule has 29 heavy (non-hydrogen) atoms. The molecule has 146 valence electrons. The number of nitrogens with zero attached hydrogens (tertiary/aromatic N) is 3. The van der Waals surface area contributed by atoms with E-state index >= 15 is 0 Å². The van der Waals surface area contributed by atoms with Crippen LogP contribution in [0.25, 0.3) is 22.2 Å². The summed E-state index contributed by atoms with van der Waals surface area (Å²) in [6, 6.07) is 19.8. The third-order valence-corrected chi connectivity index (χ3v) is 5.70. The minimum absolute atomic E-state index is 0.282. The minimum Gasteiger partial charge on any atom is -0.365 e. The first-order chi connectivity index (χ1) is 14.1. The maximum atomic E-state index is 13.3. The van der Waals surface area contributed by atoms with Crippen molar-refractivity contribution in [2.45, 2.75) is 12.6 Å². The van der Waals surface area contributed by atoms with Crippen molar-refractivity contribution in [1.29, 1.82) is 0 Å². The van der Waals surface area contributed by atoms with Gasteiger partial charge in [0.2, 0.25) is 0 Å². The Morgan fingerprint density at radius 1 is 0.897 bits per heavy atom. The van der Waals surface area contributed by atoms with Crippen molar-refractivity contribution in [1.82, 2.24) is 13.7 Å². The summed E-state index contributed by atoms with van der Waals surface area (Å²) < 4.78 is 11.1. The predicted molar refractivity (Wildman–Crippen MR) is 112 cm³/mol. The molecule has 2 aromatic heterocycles. The lowest BCUT2D eigenvalue weighted by molar-refractivity contribution is 0.0478. The van der Waals surface area contributed by atoms with E-state index in [1.54, 1.807) is 11.6 Å². The normalized spacial score (nSPS) is 16.1. The van der Waals surface area contributed by atoms with Gasteiger partial charge in [0.1, 0.15) is 6.10 Å². The first-order valence-electron chi connectivity index (χ1n) is 9.63. The molecule has 0 aliphatic carbocycles. The van der Waals surface area contributed by atoms with Gasteiger partial charge in [-0.3, -0.25) is 13.9 Å². The molecule has 4 aromatic rings. The van der Waals surface area contributed by atoms with Crippen molar-refractivity contribution in [2.75, 3.05) is 6.61 Å². The topological polar surface area (TPSA) is 58.2 Å². The van der Waals surface area contributed by atoms with E-state index in [1.807, 2.05) is 60.7 Å². The van der Waals surface area contributed by atoms with Gasteiger partial charge in [0.15, 0.2) is 0 Å². The standard InChI is InChI=1S/C23H21N3O3/c1-24-19-17(22(27)25(2)23(24)28)18(15-9-5-3-6-10-15)26-13-14-29-21(20(19)26)16-11-7-4-8-12-16/h3-12,21H,13-14H2,1-2H3/t21-/m1/s1. The van der Waals surface area contributed by atoms with Crippen LogP contribution in [-0.4, -0.2) is 20.3 Å². The Morgan fingerprint density at radius 2 is 1.55 bits per heavy atom. The zero-order chi connectivity index (χ0) is 20.1. The first-order valence-corrected chi connectivity index (χ1v) is 9.63. The molecule has 0 saturated carbocycles. The van der Waals surface area contributed by atoms with Crippen LogP contribution >= 0.6 is 0 Å². The molecular weight excluding hydrogens is 366 g/mol. The van der Waals surface area contributed by atoms with Crippen LogP contribution in [0.4, 0.5) is 0 Å². The lowest BCUT2D eigenvalue weighted by Crippen LogP contribution is -2.37. The van der Waals surface area contributed by atoms with Gasteiger partial charge in [0.05, 0.1) is 28.9 Å². The lowest BCUT2D eigenvalue weighted by atomic mass is 10.0. The molecule has 3 heterocycles. The molecule has 0 unspecified atom stereocenters. The fourth-order valence-electron chi connectivity index (χ4n) is 4.36. The SMILES string of the molecule is Cn1c(=O)c2c(-c3ccccc3)n3c(c2n(C)c1=O)[C@@H](c1ccccc1)OCC3. The highest BCUT2D eigenvalue weighted by molar-refractivity contribution is 5.96. The highest BCUT2D eigenvalue weighted by Crippen LogP contribution is 2.40. The van der Waals surface area contributed by atoms with Crippen LogP contribution < -0.4 is 11.2 Å². The molecule has 0 spiro atoms. The molecule has 0 saturated heterocycles. The van der Waals surface area contributed by atoms with E-state index in [2.05, 4.69) is 4.57 Å². The molecule has 0 fully saturated rings. The van der Waals surface area contributed by atoms with E-state index in [9.17, 15) is 9.59 Å². The van der Waals surface area contributed by atoms with Crippen molar-refractivity contribution < 1.29 is 4.74 Å². The summed E-state index contributed by atoms with van der Waals surface area (Å²) in [5.74, 6) is 0. The molecule has 5 rings (SSSR count). The van der Waals surface area contributed by atoms with Crippen LogP contribution in [0.5, 0.6) is 0 Å². The van der Waals surface area contributed by atoms with E-state index in [0.717, 1.165) is 22.5 Å². The van der Waals surface area contributed by atoms with Crippen molar-refractivity contribution in [2.24, 2.45) is 14.1 Å². The number of aromatic nitrogens is 3. The van der Waals surface area contributed by atoms with Crippen LogP contribution in [0.1, 0.15) is 17.4 Å². The van der Waals surface area contributed by atoms with Gasteiger partial charge in [0.25, 0.3) is 5.56 Å². The quantitative estimate of drug-likeness (QED) is 0.531. The molecule has 0 amide bonds. The van der Waals surface area contributed by atoms with Crippen LogP contribution in [0.3, 0.4) is 0 Å². The second-order valence-electron chi connectivity index (χ2n) is 7.34. The summed E-state index contributed by atoms with van der Waals surface area (Å²) >= 11 is 0. The monoisotopic (exact) mass is 387 g/mol. The molecule has 2 aromatic carbocycles. The van der Waals surface area contributed by atoms with Crippen LogP contribution in [0.2, 0.25) is 0 Å².